The van der Waals surface area contributed by atoms with Crippen molar-refractivity contribution in [2.24, 2.45) is 5.92 Å². The Kier molecular flexibility index (Phi) is 2.18. The fourth-order valence-corrected chi connectivity index (χ4v) is 1.43. The zero-order valence-electron chi connectivity index (χ0n) is 8.30. The molecule has 2 unspecified atom stereocenters. The maximum absolute atomic E-state index is 10.6. The molecule has 15 heavy (non-hydrogen) atoms. The Morgan fingerprint density at radius 2 is 2.33 bits per heavy atom. The summed E-state index contributed by atoms with van der Waals surface area (Å²) in [4.78, 5) is 14.1. The van der Waals surface area contributed by atoms with Gasteiger partial charge in [-0.1, -0.05) is 6.92 Å². The highest BCUT2D eigenvalue weighted by atomic mass is 16.6. The van der Waals surface area contributed by atoms with E-state index in [1.807, 2.05) is 0 Å². The number of nitro groups is 1. The van der Waals surface area contributed by atoms with Gasteiger partial charge in [0.25, 0.3) is 5.69 Å². The summed E-state index contributed by atoms with van der Waals surface area (Å²) in [6.07, 6.45) is 1.07. The standard InChI is InChI=1S/C9H12N4O2/c1-5-2-7(5)11-9-4-6(13(14)15)3-8(10)12-9/h3-5,7H,2H2,1H3,(H3,10,11,12). The molecule has 2 atom stereocenters. The number of aromatic nitrogens is 1. The van der Waals surface area contributed by atoms with E-state index in [4.69, 9.17) is 5.73 Å². The van der Waals surface area contributed by atoms with Crippen molar-refractivity contribution in [3.8, 4) is 0 Å². The molecule has 0 aromatic carbocycles. The second kappa shape index (κ2) is 3.38. The van der Waals surface area contributed by atoms with Gasteiger partial charge in [-0.25, -0.2) is 4.98 Å². The summed E-state index contributed by atoms with van der Waals surface area (Å²) in [5.41, 5.74) is 5.44. The van der Waals surface area contributed by atoms with E-state index in [1.54, 1.807) is 0 Å². The first kappa shape index (κ1) is 9.70. The van der Waals surface area contributed by atoms with Crippen LogP contribution in [-0.2, 0) is 0 Å². The number of hydrogen-bond acceptors (Lipinski definition) is 5. The molecule has 0 amide bonds. The fraction of sp³-hybridized carbons (Fsp3) is 0.444. The Morgan fingerprint density at radius 3 is 2.87 bits per heavy atom. The first-order valence-corrected chi connectivity index (χ1v) is 4.75. The zero-order chi connectivity index (χ0) is 11.0. The summed E-state index contributed by atoms with van der Waals surface area (Å²) in [6, 6.07) is 3.03. The average Bonchev–Trinajstić information content (AvgIpc) is 2.80. The number of nitrogens with two attached hydrogens (primary N) is 1. The quantitative estimate of drug-likeness (QED) is 0.578. The Bertz CT molecular complexity index is 407. The molecule has 1 aromatic rings. The minimum absolute atomic E-state index is 0.0293. The zero-order valence-corrected chi connectivity index (χ0v) is 8.30. The predicted octanol–water partition coefficient (Wildman–Crippen LogP) is 1.39. The number of nitrogens with zero attached hydrogens (tertiary/aromatic N) is 2. The normalized spacial score (nSPS) is 23.5. The maximum atomic E-state index is 10.6. The highest BCUT2D eigenvalue weighted by molar-refractivity contribution is 5.53. The van der Waals surface area contributed by atoms with Crippen molar-refractivity contribution in [2.45, 2.75) is 19.4 Å². The lowest BCUT2D eigenvalue weighted by atomic mass is 10.3. The van der Waals surface area contributed by atoms with Crippen LogP contribution in [-0.4, -0.2) is 15.9 Å². The topological polar surface area (TPSA) is 94.1 Å². The first-order chi connectivity index (χ1) is 7.06. The molecule has 1 aliphatic rings. The largest absolute Gasteiger partial charge is 0.383 e. The van der Waals surface area contributed by atoms with Crippen LogP contribution in [0.3, 0.4) is 0 Å². The van der Waals surface area contributed by atoms with E-state index >= 15 is 0 Å². The molecule has 6 heteroatoms. The van der Waals surface area contributed by atoms with Crippen molar-refractivity contribution in [2.75, 3.05) is 11.1 Å². The summed E-state index contributed by atoms with van der Waals surface area (Å²) < 4.78 is 0. The molecule has 0 saturated heterocycles. The second-order valence-electron chi connectivity index (χ2n) is 3.86. The lowest BCUT2D eigenvalue weighted by Gasteiger charge is -2.04. The molecule has 3 N–H and O–H groups in total. The van der Waals surface area contributed by atoms with Crippen molar-refractivity contribution >= 4 is 17.3 Å². The molecule has 1 aliphatic carbocycles. The number of nitrogens with one attached hydrogen (secondary N) is 1. The average molecular weight is 208 g/mol. The monoisotopic (exact) mass is 208 g/mol. The van der Waals surface area contributed by atoms with Crippen LogP contribution in [0.25, 0.3) is 0 Å². The van der Waals surface area contributed by atoms with Gasteiger partial charge in [0.2, 0.25) is 0 Å². The Labute approximate surface area is 86.6 Å². The van der Waals surface area contributed by atoms with Gasteiger partial charge in [0, 0.05) is 6.04 Å². The smallest absolute Gasteiger partial charge is 0.276 e. The summed E-state index contributed by atoms with van der Waals surface area (Å²) in [5, 5.41) is 13.7. The van der Waals surface area contributed by atoms with Crippen LogP contribution in [0.4, 0.5) is 17.3 Å². The van der Waals surface area contributed by atoms with Gasteiger partial charge in [-0.2, -0.15) is 0 Å². The summed E-state index contributed by atoms with van der Waals surface area (Å²) in [7, 11) is 0. The SMILES string of the molecule is CC1CC1Nc1cc([N+](=O)[O-])cc(N)n1. The van der Waals surface area contributed by atoms with E-state index < -0.39 is 4.92 Å². The third-order valence-corrected chi connectivity index (χ3v) is 2.48. The molecule has 0 spiro atoms. The van der Waals surface area contributed by atoms with Gasteiger partial charge in [-0.3, -0.25) is 10.1 Å². The summed E-state index contributed by atoms with van der Waals surface area (Å²) in [6.45, 7) is 2.11. The van der Waals surface area contributed by atoms with Gasteiger partial charge in [-0.15, -0.1) is 0 Å². The molecular formula is C9H12N4O2. The van der Waals surface area contributed by atoms with Crippen LogP contribution in [0.1, 0.15) is 13.3 Å². The van der Waals surface area contributed by atoms with Crippen LogP contribution >= 0.6 is 0 Å². The van der Waals surface area contributed by atoms with Crippen LogP contribution in [0.5, 0.6) is 0 Å². The molecule has 1 fully saturated rings. The predicted molar refractivity (Wildman–Crippen MR) is 56.5 cm³/mol. The lowest BCUT2D eigenvalue weighted by Crippen LogP contribution is -2.07. The third-order valence-electron chi connectivity index (χ3n) is 2.48. The van der Waals surface area contributed by atoms with Gasteiger partial charge in [0.05, 0.1) is 17.1 Å². The summed E-state index contributed by atoms with van der Waals surface area (Å²) in [5.74, 6) is 1.25. The number of pyridine rings is 1. The maximum Gasteiger partial charge on any atom is 0.276 e. The molecule has 1 aromatic heterocycles. The molecule has 0 radical (unpaired) electrons. The highest BCUT2D eigenvalue weighted by Crippen LogP contribution is 2.33. The van der Waals surface area contributed by atoms with E-state index in [0.29, 0.717) is 17.8 Å². The lowest BCUT2D eigenvalue weighted by molar-refractivity contribution is -0.384. The van der Waals surface area contributed by atoms with E-state index in [9.17, 15) is 10.1 Å². The van der Waals surface area contributed by atoms with E-state index in [1.165, 1.54) is 12.1 Å². The van der Waals surface area contributed by atoms with Crippen molar-refractivity contribution in [1.29, 1.82) is 0 Å². The molecule has 1 heterocycles. The fourth-order valence-electron chi connectivity index (χ4n) is 1.43. The van der Waals surface area contributed by atoms with E-state index in [2.05, 4.69) is 17.2 Å². The molecule has 0 aliphatic heterocycles. The minimum Gasteiger partial charge on any atom is -0.383 e. The molecule has 2 rings (SSSR count). The first-order valence-electron chi connectivity index (χ1n) is 4.75. The van der Waals surface area contributed by atoms with Crippen molar-refractivity contribution in [3.05, 3.63) is 22.2 Å². The van der Waals surface area contributed by atoms with Gasteiger partial charge in [-0.05, 0) is 12.3 Å². The van der Waals surface area contributed by atoms with Gasteiger partial charge < -0.3 is 11.1 Å². The molecule has 80 valence electrons. The second-order valence-corrected chi connectivity index (χ2v) is 3.86. The van der Waals surface area contributed by atoms with Gasteiger partial charge >= 0.3 is 0 Å². The minimum atomic E-state index is -0.473. The van der Waals surface area contributed by atoms with Crippen LogP contribution in [0.15, 0.2) is 12.1 Å². The Hall–Kier alpha value is -1.85. The van der Waals surface area contributed by atoms with Crippen molar-refractivity contribution < 1.29 is 4.92 Å². The Balaban J connectivity index is 2.19. The number of rotatable bonds is 3. The number of hydrogen-bond donors (Lipinski definition) is 2. The van der Waals surface area contributed by atoms with Gasteiger partial charge in [0.1, 0.15) is 11.6 Å². The van der Waals surface area contributed by atoms with Crippen LogP contribution < -0.4 is 11.1 Å². The van der Waals surface area contributed by atoms with Crippen molar-refractivity contribution in [3.63, 3.8) is 0 Å². The Morgan fingerprint density at radius 1 is 1.67 bits per heavy atom. The van der Waals surface area contributed by atoms with E-state index in [-0.39, 0.29) is 11.5 Å². The highest BCUT2D eigenvalue weighted by Gasteiger charge is 2.32. The van der Waals surface area contributed by atoms with Crippen LogP contribution in [0.2, 0.25) is 0 Å². The van der Waals surface area contributed by atoms with Crippen LogP contribution in [0, 0.1) is 16.0 Å². The molecule has 1 saturated carbocycles. The molecule has 0 bridgehead atoms. The van der Waals surface area contributed by atoms with Gasteiger partial charge in [0.15, 0.2) is 0 Å². The van der Waals surface area contributed by atoms with E-state index in [0.717, 1.165) is 6.42 Å². The van der Waals surface area contributed by atoms with Crippen molar-refractivity contribution in [1.82, 2.24) is 4.98 Å². The number of anilines is 2. The summed E-state index contributed by atoms with van der Waals surface area (Å²) >= 11 is 0. The number of nitrogen functional groups attached to an aromatic ring is 1. The third kappa shape index (κ3) is 2.15. The molecular weight excluding hydrogens is 196 g/mol. The molecule has 6 nitrogen and oxygen atoms in total.